The molecule has 1 aromatic heterocycles. The van der Waals surface area contributed by atoms with E-state index in [1.165, 1.54) is 22.5 Å². The second kappa shape index (κ2) is 7.07. The summed E-state index contributed by atoms with van der Waals surface area (Å²) in [5, 5.41) is 0. The van der Waals surface area contributed by atoms with Gasteiger partial charge >= 0.3 is 0 Å². The molecule has 0 unspecified atom stereocenters. The number of aromatic nitrogens is 1. The Labute approximate surface area is 162 Å². The van der Waals surface area contributed by atoms with Crippen LogP contribution in [0.25, 0.3) is 17.3 Å². The van der Waals surface area contributed by atoms with Crippen molar-refractivity contribution in [2.24, 2.45) is 12.0 Å². The number of aliphatic imine (C=N–C) groups is 1. The zero-order chi connectivity index (χ0) is 19.8. The van der Waals surface area contributed by atoms with Gasteiger partial charge in [-0.15, -0.1) is 0 Å². The minimum absolute atomic E-state index is 0.0576. The fraction of sp³-hybridized carbons (Fsp3) is 0.292. The highest BCUT2D eigenvalue weighted by Crippen LogP contribution is 2.23. The number of pyridine rings is 1. The van der Waals surface area contributed by atoms with Crippen molar-refractivity contribution in [3.8, 4) is 11.3 Å². The molecule has 27 heavy (non-hydrogen) atoms. The van der Waals surface area contributed by atoms with Gasteiger partial charge in [0.15, 0.2) is 0 Å². The molecule has 0 atom stereocenters. The smallest absolute Gasteiger partial charge is 0.285 e. The molecule has 138 valence electrons. The Hall–Kier alpha value is -2.81. The molecule has 3 rings (SSSR count). The largest absolute Gasteiger partial charge is 0.287 e. The van der Waals surface area contributed by atoms with Gasteiger partial charge in [0.2, 0.25) is 5.69 Å². The molecule has 0 amide bonds. The number of hydrogen-bond acceptors (Lipinski definition) is 1. The Bertz CT molecular complexity index is 978. The molecule has 0 fully saturated rings. The van der Waals surface area contributed by atoms with E-state index in [0.717, 1.165) is 16.8 Å². The molecule has 0 radical (unpaired) electrons. The Morgan fingerprint density at radius 3 is 2.26 bits per heavy atom. The zero-order valence-corrected chi connectivity index (χ0v) is 17.2. The van der Waals surface area contributed by atoms with Gasteiger partial charge in [-0.2, -0.15) is 4.57 Å². The Morgan fingerprint density at radius 1 is 1.00 bits per heavy atom. The first-order valence-corrected chi connectivity index (χ1v) is 9.28. The van der Waals surface area contributed by atoms with Crippen LogP contribution in [0.3, 0.4) is 0 Å². The topological polar surface area (TPSA) is 19.2 Å². The molecular weight excluding hydrogens is 330 g/mol. The Balaban J connectivity index is 2.05. The molecule has 2 aromatic rings. The molecule has 0 N–H and O–H groups in total. The van der Waals surface area contributed by atoms with Crippen LogP contribution in [-0.4, -0.2) is 36.1 Å². The lowest BCUT2D eigenvalue weighted by Gasteiger charge is -2.13. The minimum Gasteiger partial charge on any atom is -0.287 e. The van der Waals surface area contributed by atoms with Crippen LogP contribution in [0, 0.1) is 0 Å². The molecule has 0 saturated carbocycles. The van der Waals surface area contributed by atoms with Crippen molar-refractivity contribution in [2.45, 2.75) is 26.3 Å². The summed E-state index contributed by atoms with van der Waals surface area (Å²) in [5.74, 6) is 0. The molecule has 3 heteroatoms. The molecule has 1 aliphatic rings. The lowest BCUT2D eigenvalue weighted by molar-refractivity contribution is -0.664. The maximum absolute atomic E-state index is 4.59. The third kappa shape index (κ3) is 3.97. The van der Waals surface area contributed by atoms with Crippen molar-refractivity contribution in [2.75, 3.05) is 14.1 Å². The first-order chi connectivity index (χ1) is 12.7. The zero-order valence-electron chi connectivity index (χ0n) is 17.2. The summed E-state index contributed by atoms with van der Waals surface area (Å²) in [4.78, 5) is 4.59. The van der Waals surface area contributed by atoms with E-state index < -0.39 is 0 Å². The number of hydrogen-bond donors (Lipinski definition) is 0. The van der Waals surface area contributed by atoms with Crippen molar-refractivity contribution in [3.05, 3.63) is 71.4 Å². The monoisotopic (exact) mass is 359 g/mol. The minimum atomic E-state index is -0.0576. The third-order valence-corrected chi connectivity index (χ3v) is 4.64. The molecule has 0 aliphatic heterocycles. The number of benzene rings is 1. The van der Waals surface area contributed by atoms with Gasteiger partial charge in [-0.25, -0.2) is 4.58 Å². The van der Waals surface area contributed by atoms with E-state index in [4.69, 9.17) is 0 Å². The average molecular weight is 360 g/mol. The van der Waals surface area contributed by atoms with Crippen LogP contribution in [0.4, 0.5) is 0 Å². The number of nitrogens with zero attached hydrogens (tertiary/aromatic N) is 3. The van der Waals surface area contributed by atoms with E-state index in [1.54, 1.807) is 0 Å². The van der Waals surface area contributed by atoms with Crippen LogP contribution >= 0.6 is 0 Å². The first kappa shape index (κ1) is 19.0. The van der Waals surface area contributed by atoms with Crippen molar-refractivity contribution in [1.29, 1.82) is 0 Å². The van der Waals surface area contributed by atoms with Gasteiger partial charge in [0.25, 0.3) is 11.4 Å². The van der Waals surface area contributed by atoms with Gasteiger partial charge in [-0.1, -0.05) is 18.7 Å². The maximum atomic E-state index is 4.59. The second-order valence-corrected chi connectivity index (χ2v) is 8.23. The van der Waals surface area contributed by atoms with Gasteiger partial charge in [-0.05, 0) is 56.7 Å². The normalized spacial score (nSPS) is 14.0. The molecule has 0 spiro atoms. The van der Waals surface area contributed by atoms with E-state index in [-0.39, 0.29) is 5.54 Å². The lowest BCUT2D eigenvalue weighted by atomic mass is 9.95. The molecule has 1 aromatic carbocycles. The molecule has 0 saturated heterocycles. The number of fused-ring (bicyclic) bond motifs is 1. The van der Waals surface area contributed by atoms with Crippen LogP contribution < -0.4 is 4.57 Å². The van der Waals surface area contributed by atoms with E-state index in [9.17, 15) is 0 Å². The Kier molecular flexibility index (Phi) is 4.97. The quantitative estimate of drug-likeness (QED) is 0.569. The van der Waals surface area contributed by atoms with Gasteiger partial charge in [0, 0.05) is 23.4 Å². The Morgan fingerprint density at radius 2 is 1.67 bits per heavy atom. The highest BCUT2D eigenvalue weighted by molar-refractivity contribution is 6.13. The predicted molar refractivity (Wildman–Crippen MR) is 115 cm³/mol. The number of allylic oxidation sites excluding steroid dienone is 2. The average Bonchev–Trinajstić information content (AvgIpc) is 2.60. The van der Waals surface area contributed by atoms with Gasteiger partial charge in [-0.3, -0.25) is 4.99 Å². The second-order valence-electron chi connectivity index (χ2n) is 8.23. The summed E-state index contributed by atoms with van der Waals surface area (Å²) in [7, 11) is 6.26. The summed E-state index contributed by atoms with van der Waals surface area (Å²) in [5.41, 5.74) is 8.03. The van der Waals surface area contributed by atoms with Crippen LogP contribution in [0.1, 0.15) is 37.6 Å². The maximum Gasteiger partial charge on any atom is 0.285 e. The van der Waals surface area contributed by atoms with Gasteiger partial charge in [0.05, 0.1) is 11.1 Å². The summed E-state index contributed by atoms with van der Waals surface area (Å²) in [6, 6.07) is 12.9. The number of rotatable bonds is 2. The van der Waals surface area contributed by atoms with Crippen molar-refractivity contribution < 1.29 is 9.14 Å². The van der Waals surface area contributed by atoms with E-state index in [1.807, 2.05) is 6.21 Å². The third-order valence-electron chi connectivity index (χ3n) is 4.64. The SMILES string of the molecule is C=C1C=Cc2ccc(-c3ccc(C=NC(C)(C)C)cc3)[n+](C)c2C1=[N+](C)C. The van der Waals surface area contributed by atoms with Crippen LogP contribution in [0.5, 0.6) is 0 Å². The standard InChI is InChI=1S/C24H29N3/c1-17-8-11-20-14-15-21(27(7)23(20)22(17)26(5)6)19-12-9-18(10-13-19)16-25-24(2,3)4/h8-16H,1H2,2-7H3/q+2. The fourth-order valence-electron chi connectivity index (χ4n) is 3.32. The molecule has 1 aliphatic carbocycles. The van der Waals surface area contributed by atoms with E-state index >= 15 is 0 Å². The van der Waals surface area contributed by atoms with E-state index in [0.29, 0.717) is 0 Å². The summed E-state index contributed by atoms with van der Waals surface area (Å²) in [6.07, 6.45) is 6.17. The fourth-order valence-corrected chi connectivity index (χ4v) is 3.32. The summed E-state index contributed by atoms with van der Waals surface area (Å²) >= 11 is 0. The molecular formula is C24H29N3+2. The van der Waals surface area contributed by atoms with Crippen molar-refractivity contribution in [1.82, 2.24) is 0 Å². The van der Waals surface area contributed by atoms with Crippen LogP contribution in [-0.2, 0) is 7.05 Å². The highest BCUT2D eigenvalue weighted by atomic mass is 15.0. The molecule has 3 nitrogen and oxygen atoms in total. The first-order valence-electron chi connectivity index (χ1n) is 9.28. The highest BCUT2D eigenvalue weighted by Gasteiger charge is 2.31. The summed E-state index contributed by atoms with van der Waals surface area (Å²) in [6.45, 7) is 10.5. The molecule has 0 bridgehead atoms. The lowest BCUT2D eigenvalue weighted by Crippen LogP contribution is -2.42. The van der Waals surface area contributed by atoms with Crippen molar-refractivity contribution in [3.63, 3.8) is 0 Å². The van der Waals surface area contributed by atoms with Crippen molar-refractivity contribution >= 4 is 18.0 Å². The van der Waals surface area contributed by atoms with Crippen LogP contribution in [0.2, 0.25) is 0 Å². The predicted octanol–water partition coefficient (Wildman–Crippen LogP) is 4.04. The van der Waals surface area contributed by atoms with Gasteiger partial charge in [0.1, 0.15) is 21.1 Å². The van der Waals surface area contributed by atoms with E-state index in [2.05, 4.69) is 111 Å². The van der Waals surface area contributed by atoms with Crippen LogP contribution in [0.15, 0.2) is 59.6 Å². The van der Waals surface area contributed by atoms with Gasteiger partial charge < -0.3 is 0 Å². The molecule has 1 heterocycles. The summed E-state index contributed by atoms with van der Waals surface area (Å²) < 4.78 is 4.40.